The van der Waals surface area contributed by atoms with E-state index in [0.29, 0.717) is 45.5 Å². The van der Waals surface area contributed by atoms with Crippen LogP contribution in [0, 0.1) is 0 Å². The second-order valence-electron chi connectivity index (χ2n) is 9.47. The van der Waals surface area contributed by atoms with E-state index in [-0.39, 0.29) is 11.9 Å². The highest BCUT2D eigenvalue weighted by Gasteiger charge is 2.15. The smallest absolute Gasteiger partial charge is 0.338 e. The second-order valence-corrected chi connectivity index (χ2v) is 11.1. The topological polar surface area (TPSA) is 93.9 Å². The number of anilines is 3. The molecule has 10 heteroatoms. The third kappa shape index (κ3) is 12.6. The van der Waals surface area contributed by atoms with Gasteiger partial charge in [-0.15, -0.1) is 0 Å². The van der Waals surface area contributed by atoms with Crippen molar-refractivity contribution in [1.29, 1.82) is 0 Å². The number of halogens is 3. The Kier molecular flexibility index (Phi) is 16.4. The highest BCUT2D eigenvalue weighted by molar-refractivity contribution is 9.10. The van der Waals surface area contributed by atoms with Gasteiger partial charge in [-0.05, 0) is 96.7 Å². The number of carbonyl (C=O) groups excluding carboxylic acids is 2. The van der Waals surface area contributed by atoms with E-state index in [4.69, 9.17) is 38.4 Å². The van der Waals surface area contributed by atoms with Crippen LogP contribution in [0.4, 0.5) is 17.1 Å². The van der Waals surface area contributed by atoms with Crippen LogP contribution >= 0.6 is 39.1 Å². The Morgan fingerprint density at radius 2 is 1.48 bits per heavy atom. The quantitative estimate of drug-likeness (QED) is 0.0998. The number of carbonyl (C=O) groups is 2. The SMILES string of the molecule is CCN(CC)Cc1cc(C(=O)OCCCCCCOC(C)=O)cc(Br)c1N.Clc1cccc(Cl)c1Nc1ccccc1. The van der Waals surface area contributed by atoms with Gasteiger partial charge in [0.15, 0.2) is 0 Å². The first-order valence-electron chi connectivity index (χ1n) is 14.0. The number of nitrogen functional groups attached to an aromatic ring is 1. The Morgan fingerprint density at radius 3 is 2.05 bits per heavy atom. The third-order valence-electron chi connectivity index (χ3n) is 6.32. The van der Waals surface area contributed by atoms with Gasteiger partial charge in [-0.3, -0.25) is 9.69 Å². The lowest BCUT2D eigenvalue weighted by Crippen LogP contribution is -2.23. The van der Waals surface area contributed by atoms with Crippen LogP contribution in [0.5, 0.6) is 0 Å². The molecule has 0 heterocycles. The van der Waals surface area contributed by atoms with E-state index in [2.05, 4.69) is 40.0 Å². The summed E-state index contributed by atoms with van der Waals surface area (Å²) in [5, 5.41) is 4.41. The van der Waals surface area contributed by atoms with Gasteiger partial charge in [0.2, 0.25) is 0 Å². The average Bonchev–Trinajstić information content (AvgIpc) is 2.97. The minimum atomic E-state index is -0.337. The van der Waals surface area contributed by atoms with Crippen molar-refractivity contribution in [2.45, 2.75) is 53.0 Å². The number of benzene rings is 3. The molecule has 0 saturated heterocycles. The van der Waals surface area contributed by atoms with Gasteiger partial charge in [0, 0.05) is 23.6 Å². The van der Waals surface area contributed by atoms with Crippen molar-refractivity contribution in [2.24, 2.45) is 0 Å². The molecule has 0 atom stereocenters. The molecule has 0 saturated carbocycles. The molecule has 0 bridgehead atoms. The lowest BCUT2D eigenvalue weighted by Gasteiger charge is -2.20. The zero-order valence-electron chi connectivity index (χ0n) is 24.4. The maximum Gasteiger partial charge on any atom is 0.338 e. The number of nitrogens with one attached hydrogen (secondary N) is 1. The highest BCUT2D eigenvalue weighted by atomic mass is 79.9. The molecule has 42 heavy (non-hydrogen) atoms. The van der Waals surface area contributed by atoms with Crippen molar-refractivity contribution >= 4 is 68.1 Å². The summed E-state index contributed by atoms with van der Waals surface area (Å²) in [6, 6.07) is 18.7. The maximum atomic E-state index is 12.3. The molecular formula is C32H40BrCl2N3O4. The molecule has 228 valence electrons. The van der Waals surface area contributed by atoms with E-state index in [9.17, 15) is 9.59 Å². The third-order valence-corrected chi connectivity index (χ3v) is 7.61. The molecule has 0 amide bonds. The van der Waals surface area contributed by atoms with E-state index in [1.165, 1.54) is 6.92 Å². The van der Waals surface area contributed by atoms with Crippen LogP contribution < -0.4 is 11.1 Å². The summed E-state index contributed by atoms with van der Waals surface area (Å²) in [6.45, 7) is 8.95. The van der Waals surface area contributed by atoms with Crippen LogP contribution in [0.3, 0.4) is 0 Å². The molecule has 3 aromatic carbocycles. The Balaban J connectivity index is 0.000000343. The van der Waals surface area contributed by atoms with Gasteiger partial charge in [0.1, 0.15) is 0 Å². The molecule has 3 aromatic rings. The Bertz CT molecular complexity index is 1250. The zero-order chi connectivity index (χ0) is 30.9. The number of unbranched alkanes of at least 4 members (excludes halogenated alkanes) is 3. The van der Waals surface area contributed by atoms with Crippen LogP contribution in [0.25, 0.3) is 0 Å². The van der Waals surface area contributed by atoms with Crippen LogP contribution in [0.1, 0.15) is 62.4 Å². The van der Waals surface area contributed by atoms with Crippen molar-refractivity contribution in [2.75, 3.05) is 37.4 Å². The van der Waals surface area contributed by atoms with Crippen LogP contribution in [-0.4, -0.2) is 43.1 Å². The number of para-hydroxylation sites is 2. The minimum Gasteiger partial charge on any atom is -0.466 e. The first-order valence-corrected chi connectivity index (χ1v) is 15.6. The Labute approximate surface area is 267 Å². The predicted molar refractivity (Wildman–Crippen MR) is 177 cm³/mol. The number of ether oxygens (including phenoxy) is 2. The normalized spacial score (nSPS) is 10.5. The summed E-state index contributed by atoms with van der Waals surface area (Å²) in [7, 11) is 0. The summed E-state index contributed by atoms with van der Waals surface area (Å²) in [5.74, 6) is -0.588. The van der Waals surface area contributed by atoms with E-state index in [0.717, 1.165) is 55.7 Å². The maximum absolute atomic E-state index is 12.3. The summed E-state index contributed by atoms with van der Waals surface area (Å²) >= 11 is 15.5. The van der Waals surface area contributed by atoms with E-state index < -0.39 is 0 Å². The first-order chi connectivity index (χ1) is 20.2. The lowest BCUT2D eigenvalue weighted by molar-refractivity contribution is -0.141. The highest BCUT2D eigenvalue weighted by Crippen LogP contribution is 2.32. The predicted octanol–water partition coefficient (Wildman–Crippen LogP) is 8.89. The van der Waals surface area contributed by atoms with Crippen molar-refractivity contribution in [3.8, 4) is 0 Å². The van der Waals surface area contributed by atoms with Gasteiger partial charge < -0.3 is 20.5 Å². The van der Waals surface area contributed by atoms with Crippen molar-refractivity contribution in [1.82, 2.24) is 4.90 Å². The van der Waals surface area contributed by atoms with Gasteiger partial charge in [-0.1, -0.05) is 61.3 Å². The Morgan fingerprint density at radius 1 is 0.881 bits per heavy atom. The summed E-state index contributed by atoms with van der Waals surface area (Å²) in [4.78, 5) is 25.2. The zero-order valence-corrected chi connectivity index (χ0v) is 27.5. The van der Waals surface area contributed by atoms with Gasteiger partial charge in [-0.25, -0.2) is 4.79 Å². The summed E-state index contributed by atoms with van der Waals surface area (Å²) in [5.41, 5.74) is 9.95. The first kappa shape index (κ1) is 35.4. The van der Waals surface area contributed by atoms with Crippen molar-refractivity contribution < 1.29 is 19.1 Å². The molecule has 3 N–H and O–H groups in total. The summed E-state index contributed by atoms with van der Waals surface area (Å²) in [6.07, 6.45) is 3.47. The minimum absolute atomic E-state index is 0.251. The Hall–Kier alpha value is -2.78. The molecule has 0 aromatic heterocycles. The molecule has 0 aliphatic carbocycles. The molecule has 7 nitrogen and oxygen atoms in total. The fraction of sp³-hybridized carbons (Fsp3) is 0.375. The molecule has 0 fully saturated rings. The number of nitrogens with zero attached hydrogens (tertiary/aromatic N) is 1. The molecule has 0 aliphatic rings. The van der Waals surface area contributed by atoms with Gasteiger partial charge in [0.05, 0.1) is 40.2 Å². The fourth-order valence-corrected chi connectivity index (χ4v) is 4.91. The van der Waals surface area contributed by atoms with Crippen molar-refractivity contribution in [3.05, 3.63) is 86.3 Å². The standard InChI is InChI=1S/C20H31BrN2O4.C12H9Cl2N/c1-4-23(5-2)14-17-12-16(13-18(21)19(17)22)20(25)27-11-9-7-6-8-10-26-15(3)24;13-10-7-4-8-11(14)12(10)15-9-5-2-1-3-6-9/h12-13H,4-11,14,22H2,1-3H3;1-8,15H. The monoisotopic (exact) mass is 679 g/mol. The lowest BCUT2D eigenvalue weighted by atomic mass is 10.1. The summed E-state index contributed by atoms with van der Waals surface area (Å²) < 4.78 is 11.0. The molecule has 0 radical (unpaired) electrons. The van der Waals surface area contributed by atoms with Crippen LogP contribution in [-0.2, 0) is 20.8 Å². The number of esters is 2. The number of hydrogen-bond donors (Lipinski definition) is 2. The second kappa shape index (κ2) is 19.4. The van der Waals surface area contributed by atoms with Gasteiger partial charge in [-0.2, -0.15) is 0 Å². The van der Waals surface area contributed by atoms with Crippen LogP contribution in [0.15, 0.2) is 65.1 Å². The molecule has 0 unspecified atom stereocenters. The van der Waals surface area contributed by atoms with Crippen molar-refractivity contribution in [3.63, 3.8) is 0 Å². The number of rotatable bonds is 14. The molecule has 3 rings (SSSR count). The van der Waals surface area contributed by atoms with E-state index in [1.54, 1.807) is 18.2 Å². The van der Waals surface area contributed by atoms with Gasteiger partial charge in [0.25, 0.3) is 0 Å². The van der Waals surface area contributed by atoms with E-state index in [1.807, 2.05) is 42.5 Å². The number of nitrogens with two attached hydrogens (primary N) is 1. The average molecular weight is 681 g/mol. The van der Waals surface area contributed by atoms with E-state index >= 15 is 0 Å². The number of hydrogen-bond acceptors (Lipinski definition) is 7. The molecule has 0 spiro atoms. The fourth-order valence-electron chi connectivity index (χ4n) is 3.92. The molecular weight excluding hydrogens is 641 g/mol. The molecule has 0 aliphatic heterocycles. The van der Waals surface area contributed by atoms with Gasteiger partial charge >= 0.3 is 11.9 Å². The van der Waals surface area contributed by atoms with Crippen LogP contribution in [0.2, 0.25) is 10.0 Å². The largest absolute Gasteiger partial charge is 0.466 e.